The minimum absolute atomic E-state index is 0.229. The van der Waals surface area contributed by atoms with Crippen LogP contribution in [0.1, 0.15) is 32.3 Å². The number of halogens is 2. The largest absolute Gasteiger partial charge is 0.444 e. The van der Waals surface area contributed by atoms with Crippen molar-refractivity contribution in [1.29, 1.82) is 0 Å². The van der Waals surface area contributed by atoms with Crippen molar-refractivity contribution in [3.8, 4) is 0 Å². The number of nitrogens with two attached hydrogens (primary N) is 1. The number of likely N-dealkylation sites (tertiary alicyclic amines) is 1. The summed E-state index contributed by atoms with van der Waals surface area (Å²) in [6.07, 6.45) is -0.442. The van der Waals surface area contributed by atoms with Crippen LogP contribution < -0.4 is 5.73 Å². The first kappa shape index (κ1) is 15.7. The third-order valence-corrected chi connectivity index (χ3v) is 3.39. The predicted octanol–water partition coefficient (Wildman–Crippen LogP) is 2.63. The Balaban J connectivity index is 2.10. The zero-order chi connectivity index (χ0) is 15.8. The van der Waals surface area contributed by atoms with Gasteiger partial charge >= 0.3 is 6.09 Å². The lowest BCUT2D eigenvalue weighted by Crippen LogP contribution is -2.36. The molecule has 4 nitrogen and oxygen atoms in total. The molecule has 1 aromatic rings. The molecule has 2 atom stereocenters. The molecule has 0 spiro atoms. The standard InChI is InChI=1S/C15H20F2N2O2/c1-15(2,3)21-14(20)19-7-10(13(18)8-19)9-4-5-11(16)12(17)6-9/h4-6,10,13H,7-8,18H2,1-3H3/t10-,13+/m0/s1. The zero-order valence-electron chi connectivity index (χ0n) is 12.4. The van der Waals surface area contributed by atoms with Crippen LogP contribution in [0, 0.1) is 11.6 Å². The van der Waals surface area contributed by atoms with Crippen molar-refractivity contribution in [2.24, 2.45) is 5.73 Å². The predicted molar refractivity (Wildman–Crippen MR) is 74.9 cm³/mol. The van der Waals surface area contributed by atoms with Crippen molar-refractivity contribution in [2.75, 3.05) is 13.1 Å². The lowest BCUT2D eigenvalue weighted by atomic mass is 9.95. The van der Waals surface area contributed by atoms with E-state index in [4.69, 9.17) is 10.5 Å². The second kappa shape index (κ2) is 5.60. The summed E-state index contributed by atoms with van der Waals surface area (Å²) in [5, 5.41) is 0. The van der Waals surface area contributed by atoms with Crippen LogP contribution >= 0.6 is 0 Å². The second-order valence-electron chi connectivity index (χ2n) is 6.33. The van der Waals surface area contributed by atoms with Gasteiger partial charge in [0.25, 0.3) is 0 Å². The monoisotopic (exact) mass is 298 g/mol. The number of amides is 1. The number of carbonyl (C=O) groups excluding carboxylic acids is 1. The molecule has 6 heteroatoms. The van der Waals surface area contributed by atoms with Gasteiger partial charge in [-0.25, -0.2) is 13.6 Å². The number of rotatable bonds is 1. The molecule has 0 saturated carbocycles. The third-order valence-electron chi connectivity index (χ3n) is 3.39. The molecule has 116 valence electrons. The highest BCUT2D eigenvalue weighted by atomic mass is 19.2. The molecule has 0 radical (unpaired) electrons. The van der Waals surface area contributed by atoms with E-state index in [0.29, 0.717) is 18.7 Å². The van der Waals surface area contributed by atoms with Crippen LogP contribution in [0.3, 0.4) is 0 Å². The van der Waals surface area contributed by atoms with Gasteiger partial charge in [0.1, 0.15) is 5.60 Å². The maximum Gasteiger partial charge on any atom is 0.410 e. The molecule has 1 aromatic carbocycles. The van der Waals surface area contributed by atoms with Gasteiger partial charge < -0.3 is 15.4 Å². The van der Waals surface area contributed by atoms with Crippen LogP contribution in [-0.4, -0.2) is 35.7 Å². The number of benzene rings is 1. The van der Waals surface area contributed by atoms with Crippen molar-refractivity contribution in [1.82, 2.24) is 4.90 Å². The van der Waals surface area contributed by atoms with Crippen molar-refractivity contribution >= 4 is 6.09 Å². The minimum atomic E-state index is -0.907. The molecular formula is C15H20F2N2O2. The van der Waals surface area contributed by atoms with Crippen LogP contribution in [0.25, 0.3) is 0 Å². The van der Waals surface area contributed by atoms with E-state index in [-0.39, 0.29) is 12.0 Å². The molecule has 1 heterocycles. The Hall–Kier alpha value is -1.69. The first-order valence-corrected chi connectivity index (χ1v) is 6.86. The van der Waals surface area contributed by atoms with E-state index in [9.17, 15) is 13.6 Å². The Labute approximate surface area is 122 Å². The molecular weight excluding hydrogens is 278 g/mol. The lowest BCUT2D eigenvalue weighted by Gasteiger charge is -2.24. The van der Waals surface area contributed by atoms with E-state index in [0.717, 1.165) is 12.1 Å². The summed E-state index contributed by atoms with van der Waals surface area (Å²) in [6.45, 7) is 6.02. The Morgan fingerprint density at radius 1 is 1.29 bits per heavy atom. The van der Waals surface area contributed by atoms with Gasteiger partial charge in [0.05, 0.1) is 0 Å². The summed E-state index contributed by atoms with van der Waals surface area (Å²) < 4.78 is 31.6. The van der Waals surface area contributed by atoms with Crippen molar-refractivity contribution in [3.63, 3.8) is 0 Å². The number of hydrogen-bond acceptors (Lipinski definition) is 3. The highest BCUT2D eigenvalue weighted by Gasteiger charge is 2.36. The Morgan fingerprint density at radius 2 is 1.95 bits per heavy atom. The molecule has 1 amide bonds. The van der Waals surface area contributed by atoms with Crippen LogP contribution in [-0.2, 0) is 4.74 Å². The van der Waals surface area contributed by atoms with Gasteiger partial charge in [-0.3, -0.25) is 0 Å². The molecule has 0 bridgehead atoms. The van der Waals surface area contributed by atoms with E-state index in [1.165, 1.54) is 11.0 Å². The van der Waals surface area contributed by atoms with E-state index >= 15 is 0 Å². The SMILES string of the molecule is CC(C)(C)OC(=O)N1C[C@@H](N)[C@H](c2ccc(F)c(F)c2)C1. The summed E-state index contributed by atoms with van der Waals surface area (Å²) >= 11 is 0. The molecule has 0 aliphatic carbocycles. The molecule has 0 unspecified atom stereocenters. The number of hydrogen-bond donors (Lipinski definition) is 1. The summed E-state index contributed by atoms with van der Waals surface area (Å²) in [5.41, 5.74) is 6.03. The van der Waals surface area contributed by atoms with Crippen LogP contribution in [0.4, 0.5) is 13.6 Å². The van der Waals surface area contributed by atoms with Crippen molar-refractivity contribution in [2.45, 2.75) is 38.3 Å². The number of ether oxygens (including phenoxy) is 1. The minimum Gasteiger partial charge on any atom is -0.444 e. The van der Waals surface area contributed by atoms with Crippen LogP contribution in [0.5, 0.6) is 0 Å². The normalized spacial score (nSPS) is 22.5. The zero-order valence-corrected chi connectivity index (χ0v) is 12.4. The average Bonchev–Trinajstić information content (AvgIpc) is 2.73. The van der Waals surface area contributed by atoms with Gasteiger partial charge in [-0.2, -0.15) is 0 Å². The fraction of sp³-hybridized carbons (Fsp3) is 0.533. The first-order valence-electron chi connectivity index (χ1n) is 6.86. The van der Waals surface area contributed by atoms with Crippen LogP contribution in [0.15, 0.2) is 18.2 Å². The van der Waals surface area contributed by atoms with Gasteiger partial charge in [-0.15, -0.1) is 0 Å². The summed E-state index contributed by atoms with van der Waals surface area (Å²) in [5.74, 6) is -2.03. The first-order chi connectivity index (χ1) is 9.67. The number of nitrogens with zero attached hydrogens (tertiary/aromatic N) is 1. The lowest BCUT2D eigenvalue weighted by molar-refractivity contribution is 0.0290. The second-order valence-corrected chi connectivity index (χ2v) is 6.33. The summed E-state index contributed by atoms with van der Waals surface area (Å²) in [6, 6.07) is 3.38. The topological polar surface area (TPSA) is 55.6 Å². The molecule has 0 aromatic heterocycles. The summed E-state index contributed by atoms with van der Waals surface area (Å²) in [4.78, 5) is 13.5. The Bertz CT molecular complexity index is 543. The van der Waals surface area contributed by atoms with E-state index in [1.54, 1.807) is 20.8 Å². The van der Waals surface area contributed by atoms with Gasteiger partial charge in [0, 0.05) is 25.0 Å². The van der Waals surface area contributed by atoms with Gasteiger partial charge in [-0.1, -0.05) is 6.07 Å². The van der Waals surface area contributed by atoms with Gasteiger partial charge in [0.2, 0.25) is 0 Å². The third kappa shape index (κ3) is 3.69. The molecule has 2 N–H and O–H groups in total. The average molecular weight is 298 g/mol. The fourth-order valence-corrected chi connectivity index (χ4v) is 2.40. The Kier molecular flexibility index (Phi) is 4.18. The molecule has 1 fully saturated rings. The number of carbonyl (C=O) groups is 1. The highest BCUT2D eigenvalue weighted by Crippen LogP contribution is 2.28. The van der Waals surface area contributed by atoms with Gasteiger partial charge in [-0.05, 0) is 38.5 Å². The van der Waals surface area contributed by atoms with E-state index in [1.807, 2.05) is 0 Å². The maximum absolute atomic E-state index is 13.3. The van der Waals surface area contributed by atoms with E-state index < -0.39 is 23.3 Å². The quantitative estimate of drug-likeness (QED) is 0.867. The maximum atomic E-state index is 13.3. The summed E-state index contributed by atoms with van der Waals surface area (Å²) in [7, 11) is 0. The van der Waals surface area contributed by atoms with Crippen molar-refractivity contribution < 1.29 is 18.3 Å². The van der Waals surface area contributed by atoms with Crippen LogP contribution in [0.2, 0.25) is 0 Å². The van der Waals surface area contributed by atoms with Gasteiger partial charge in [0.15, 0.2) is 11.6 Å². The molecule has 1 aliphatic rings. The smallest absolute Gasteiger partial charge is 0.410 e. The van der Waals surface area contributed by atoms with E-state index in [2.05, 4.69) is 0 Å². The molecule has 1 saturated heterocycles. The highest BCUT2D eigenvalue weighted by molar-refractivity contribution is 5.69. The molecule has 1 aliphatic heterocycles. The Morgan fingerprint density at radius 3 is 2.52 bits per heavy atom. The van der Waals surface area contributed by atoms with Crippen molar-refractivity contribution in [3.05, 3.63) is 35.4 Å². The fourth-order valence-electron chi connectivity index (χ4n) is 2.40. The molecule has 21 heavy (non-hydrogen) atoms. The molecule has 2 rings (SSSR count).